The van der Waals surface area contributed by atoms with E-state index in [-0.39, 0.29) is 0 Å². The van der Waals surface area contributed by atoms with Crippen LogP contribution in [-0.4, -0.2) is 27.2 Å². The van der Waals surface area contributed by atoms with Gasteiger partial charge < -0.3 is 11.1 Å². The van der Waals surface area contributed by atoms with Crippen LogP contribution in [0.3, 0.4) is 0 Å². The average molecular weight is 245 g/mol. The molecule has 2 heterocycles. The summed E-state index contributed by atoms with van der Waals surface area (Å²) in [7, 11) is 1.89. The highest BCUT2D eigenvalue weighted by molar-refractivity contribution is 5.92. The summed E-state index contributed by atoms with van der Waals surface area (Å²) >= 11 is 0. The quantitative estimate of drug-likeness (QED) is 0.806. The number of hydrogen-bond donors (Lipinski definition) is 2. The van der Waals surface area contributed by atoms with Crippen molar-refractivity contribution in [3.8, 4) is 0 Å². The molecule has 0 aromatic carbocycles. The van der Waals surface area contributed by atoms with Crippen molar-refractivity contribution >= 4 is 11.7 Å². The smallest absolute Gasteiger partial charge is 0.250 e. The molecule has 0 bridgehead atoms. The molecule has 2 rings (SSSR count). The van der Waals surface area contributed by atoms with Crippen LogP contribution in [-0.2, 0) is 13.5 Å². The second kappa shape index (κ2) is 5.31. The molecule has 0 aliphatic heterocycles. The number of pyridine rings is 1. The molecular formula is C12H15N5O. The molecule has 2 aromatic heterocycles. The van der Waals surface area contributed by atoms with Gasteiger partial charge in [-0.1, -0.05) is 0 Å². The number of amides is 1. The zero-order valence-electron chi connectivity index (χ0n) is 10.1. The first-order chi connectivity index (χ1) is 8.65. The Kier molecular flexibility index (Phi) is 3.57. The van der Waals surface area contributed by atoms with Crippen LogP contribution in [0, 0.1) is 0 Å². The lowest BCUT2D eigenvalue weighted by atomic mass is 10.2. The van der Waals surface area contributed by atoms with Gasteiger partial charge in [0.05, 0.1) is 11.3 Å². The lowest BCUT2D eigenvalue weighted by Gasteiger charge is -2.04. The van der Waals surface area contributed by atoms with Gasteiger partial charge in [0.1, 0.15) is 5.82 Å². The number of carbonyl (C=O) groups excluding carboxylic acids is 1. The van der Waals surface area contributed by atoms with E-state index in [1.165, 1.54) is 6.20 Å². The second-order valence-electron chi connectivity index (χ2n) is 3.95. The largest absolute Gasteiger partial charge is 0.370 e. The topological polar surface area (TPSA) is 85.8 Å². The number of nitrogens with one attached hydrogen (secondary N) is 1. The van der Waals surface area contributed by atoms with E-state index < -0.39 is 5.91 Å². The van der Waals surface area contributed by atoms with Gasteiger partial charge in [0, 0.05) is 32.4 Å². The Morgan fingerprint density at radius 3 is 2.83 bits per heavy atom. The van der Waals surface area contributed by atoms with Gasteiger partial charge in [0.2, 0.25) is 5.91 Å². The molecule has 3 N–H and O–H groups in total. The van der Waals surface area contributed by atoms with Gasteiger partial charge in [-0.3, -0.25) is 9.48 Å². The third-order valence-corrected chi connectivity index (χ3v) is 2.50. The molecule has 1 amide bonds. The van der Waals surface area contributed by atoms with Crippen molar-refractivity contribution in [1.29, 1.82) is 0 Å². The Morgan fingerprint density at radius 1 is 1.44 bits per heavy atom. The van der Waals surface area contributed by atoms with Crippen LogP contribution in [0.5, 0.6) is 0 Å². The van der Waals surface area contributed by atoms with Crippen LogP contribution in [0.1, 0.15) is 16.1 Å². The molecule has 18 heavy (non-hydrogen) atoms. The number of aryl methyl sites for hydroxylation is 1. The zero-order valence-corrected chi connectivity index (χ0v) is 10.1. The fourth-order valence-electron chi connectivity index (χ4n) is 1.56. The van der Waals surface area contributed by atoms with Crippen LogP contribution < -0.4 is 11.1 Å². The monoisotopic (exact) mass is 245 g/mol. The minimum Gasteiger partial charge on any atom is -0.370 e. The fraction of sp³-hybridized carbons (Fsp3) is 0.250. The van der Waals surface area contributed by atoms with Crippen LogP contribution in [0.4, 0.5) is 5.82 Å². The standard InChI is InChI=1S/C12H15N5O/c1-17-7-5-10(16-17)4-6-14-11-3-2-9(8-15-11)12(13)18/h2-3,5,7-8H,4,6H2,1H3,(H2,13,18)(H,14,15). The Hall–Kier alpha value is -2.37. The molecule has 0 radical (unpaired) electrons. The van der Waals surface area contributed by atoms with Crippen molar-refractivity contribution in [2.75, 3.05) is 11.9 Å². The zero-order chi connectivity index (χ0) is 13.0. The first-order valence-electron chi connectivity index (χ1n) is 5.63. The van der Waals surface area contributed by atoms with Crippen LogP contribution in [0.2, 0.25) is 0 Å². The maximum absolute atomic E-state index is 10.9. The predicted molar refractivity (Wildman–Crippen MR) is 68.2 cm³/mol. The van der Waals surface area contributed by atoms with Crippen molar-refractivity contribution in [2.24, 2.45) is 12.8 Å². The lowest BCUT2D eigenvalue weighted by molar-refractivity contribution is 0.1000. The maximum atomic E-state index is 10.9. The molecule has 0 unspecified atom stereocenters. The molecule has 0 saturated heterocycles. The Bertz CT molecular complexity index is 532. The van der Waals surface area contributed by atoms with E-state index in [1.807, 2.05) is 19.3 Å². The summed E-state index contributed by atoms with van der Waals surface area (Å²) in [5.74, 6) is 0.249. The summed E-state index contributed by atoms with van der Waals surface area (Å²) in [6, 6.07) is 5.36. The average Bonchev–Trinajstić information content (AvgIpc) is 2.76. The van der Waals surface area contributed by atoms with Crippen molar-refractivity contribution in [2.45, 2.75) is 6.42 Å². The van der Waals surface area contributed by atoms with Crippen LogP contribution in [0.25, 0.3) is 0 Å². The molecule has 6 nitrogen and oxygen atoms in total. The summed E-state index contributed by atoms with van der Waals surface area (Å²) in [5, 5.41) is 7.43. The minimum atomic E-state index is -0.470. The molecule has 0 aliphatic rings. The molecule has 2 aromatic rings. The Morgan fingerprint density at radius 2 is 2.28 bits per heavy atom. The van der Waals surface area contributed by atoms with E-state index in [9.17, 15) is 4.79 Å². The van der Waals surface area contributed by atoms with E-state index in [0.29, 0.717) is 5.56 Å². The van der Waals surface area contributed by atoms with Crippen molar-refractivity contribution in [1.82, 2.24) is 14.8 Å². The summed E-state index contributed by atoms with van der Waals surface area (Å²) in [5.41, 5.74) is 6.57. The third kappa shape index (κ3) is 3.07. The highest BCUT2D eigenvalue weighted by Crippen LogP contribution is 2.05. The third-order valence-electron chi connectivity index (χ3n) is 2.50. The van der Waals surface area contributed by atoms with E-state index in [4.69, 9.17) is 5.73 Å². The van der Waals surface area contributed by atoms with E-state index >= 15 is 0 Å². The van der Waals surface area contributed by atoms with Gasteiger partial charge in [-0.15, -0.1) is 0 Å². The first-order valence-corrected chi connectivity index (χ1v) is 5.63. The Labute approximate surface area is 105 Å². The molecule has 0 aliphatic carbocycles. The van der Waals surface area contributed by atoms with Crippen molar-refractivity contribution < 1.29 is 4.79 Å². The van der Waals surface area contributed by atoms with Crippen molar-refractivity contribution in [3.05, 3.63) is 41.9 Å². The lowest BCUT2D eigenvalue weighted by Crippen LogP contribution is -2.12. The van der Waals surface area contributed by atoms with E-state index in [2.05, 4.69) is 15.4 Å². The van der Waals surface area contributed by atoms with Gasteiger partial charge in [0.25, 0.3) is 0 Å². The maximum Gasteiger partial charge on any atom is 0.250 e. The van der Waals surface area contributed by atoms with Gasteiger partial charge in [-0.05, 0) is 18.2 Å². The molecular weight excluding hydrogens is 230 g/mol. The van der Waals surface area contributed by atoms with Crippen LogP contribution >= 0.6 is 0 Å². The minimum absolute atomic E-state index is 0.408. The van der Waals surface area contributed by atoms with Gasteiger partial charge in [-0.2, -0.15) is 5.10 Å². The normalized spacial score (nSPS) is 10.3. The van der Waals surface area contributed by atoms with E-state index in [1.54, 1.807) is 16.8 Å². The van der Waals surface area contributed by atoms with Gasteiger partial charge in [0.15, 0.2) is 0 Å². The number of hydrogen-bond acceptors (Lipinski definition) is 4. The van der Waals surface area contributed by atoms with Gasteiger partial charge >= 0.3 is 0 Å². The number of aromatic nitrogens is 3. The Balaban J connectivity index is 1.85. The number of nitrogens with zero attached hydrogens (tertiary/aromatic N) is 3. The number of nitrogens with two attached hydrogens (primary N) is 1. The first kappa shape index (κ1) is 12.1. The summed E-state index contributed by atoms with van der Waals surface area (Å²) < 4.78 is 1.77. The number of carbonyl (C=O) groups is 1. The predicted octanol–water partition coefficient (Wildman–Crippen LogP) is 0.569. The second-order valence-corrected chi connectivity index (χ2v) is 3.95. The molecule has 0 atom stereocenters. The molecule has 0 saturated carbocycles. The number of rotatable bonds is 5. The highest BCUT2D eigenvalue weighted by atomic mass is 16.1. The molecule has 0 spiro atoms. The molecule has 94 valence electrons. The molecule has 6 heteroatoms. The van der Waals surface area contributed by atoms with Gasteiger partial charge in [-0.25, -0.2) is 4.98 Å². The summed E-state index contributed by atoms with van der Waals surface area (Å²) in [6.45, 7) is 0.736. The fourth-order valence-corrected chi connectivity index (χ4v) is 1.56. The van der Waals surface area contributed by atoms with E-state index in [0.717, 1.165) is 24.5 Å². The van der Waals surface area contributed by atoms with Crippen LogP contribution in [0.15, 0.2) is 30.6 Å². The number of anilines is 1. The summed E-state index contributed by atoms with van der Waals surface area (Å²) in [6.07, 6.45) is 4.20. The SMILES string of the molecule is Cn1ccc(CCNc2ccc(C(N)=O)cn2)n1. The molecule has 0 fully saturated rings. The number of primary amides is 1. The summed E-state index contributed by atoms with van der Waals surface area (Å²) in [4.78, 5) is 15.0. The highest BCUT2D eigenvalue weighted by Gasteiger charge is 2.01. The van der Waals surface area contributed by atoms with Crippen molar-refractivity contribution in [3.63, 3.8) is 0 Å².